The molecule has 4 rings (SSSR count). The van der Waals surface area contributed by atoms with Crippen LogP contribution >= 0.6 is 0 Å². The lowest BCUT2D eigenvalue weighted by atomic mass is 9.49. The third-order valence-corrected chi connectivity index (χ3v) is 8.39. The molecule has 0 spiro atoms. The fourth-order valence-electron chi connectivity index (χ4n) is 6.86. The summed E-state index contributed by atoms with van der Waals surface area (Å²) in [4.78, 5) is 24.3. The summed E-state index contributed by atoms with van der Waals surface area (Å²) < 4.78 is 0. The molecule has 1 N–H and O–H groups in total. The Morgan fingerprint density at radius 2 is 1.96 bits per heavy atom. The van der Waals surface area contributed by atoms with Gasteiger partial charge in [0.2, 0.25) is 0 Å². The van der Waals surface area contributed by atoms with Gasteiger partial charge in [-0.25, -0.2) is 0 Å². The molecule has 0 amide bonds. The van der Waals surface area contributed by atoms with Crippen LogP contribution in [0.5, 0.6) is 0 Å². The van der Waals surface area contributed by atoms with E-state index in [1.165, 1.54) is 11.1 Å². The molecule has 0 aromatic carbocycles. The largest absolute Gasteiger partial charge is 0.381 e. The molecule has 0 bridgehead atoms. The van der Waals surface area contributed by atoms with Crippen molar-refractivity contribution in [3.05, 3.63) is 23.3 Å². The van der Waals surface area contributed by atoms with Crippen LogP contribution in [0.25, 0.3) is 0 Å². The topological polar surface area (TPSA) is 54.4 Å². The van der Waals surface area contributed by atoms with Crippen molar-refractivity contribution < 1.29 is 14.7 Å². The average molecular weight is 342 g/mol. The number of hydrogen-bond acceptors (Lipinski definition) is 3. The lowest BCUT2D eigenvalue weighted by Gasteiger charge is -2.56. The van der Waals surface area contributed by atoms with Crippen molar-refractivity contribution in [1.82, 2.24) is 0 Å². The molecule has 0 saturated heterocycles. The molecule has 3 nitrogen and oxygen atoms in total. The van der Waals surface area contributed by atoms with E-state index in [9.17, 15) is 14.7 Å². The number of aliphatic hydroxyl groups is 1. The van der Waals surface area contributed by atoms with Gasteiger partial charge in [0.25, 0.3) is 0 Å². The Kier molecular flexibility index (Phi) is 3.55. The highest BCUT2D eigenvalue weighted by atomic mass is 16.3. The first-order valence-electron chi connectivity index (χ1n) is 9.82. The molecule has 0 aliphatic heterocycles. The zero-order valence-corrected chi connectivity index (χ0v) is 15.9. The Hall–Kier alpha value is -1.22. The SMILES string of the molecule is CC(=O)[C@@]1(O)CC[C@H]2[C@@H]3C[C@H](C)C4=CC(=O)CC[C@]4(C)C3=CC[C@@]21C. The van der Waals surface area contributed by atoms with E-state index >= 15 is 0 Å². The molecule has 0 heterocycles. The van der Waals surface area contributed by atoms with Gasteiger partial charge in [-0.1, -0.05) is 38.0 Å². The van der Waals surface area contributed by atoms with Gasteiger partial charge in [-0.3, -0.25) is 9.59 Å². The predicted octanol–water partition coefficient (Wildman–Crippen LogP) is 4.00. The molecule has 136 valence electrons. The third kappa shape index (κ3) is 2.02. The lowest BCUT2D eigenvalue weighted by molar-refractivity contribution is -0.150. The van der Waals surface area contributed by atoms with Crippen LogP contribution in [0.3, 0.4) is 0 Å². The molecule has 0 aromatic heterocycles. The van der Waals surface area contributed by atoms with Crippen LogP contribution in [0.15, 0.2) is 23.3 Å². The molecule has 0 unspecified atom stereocenters. The molecule has 0 radical (unpaired) electrons. The first-order chi connectivity index (χ1) is 11.6. The third-order valence-electron chi connectivity index (χ3n) is 8.39. The van der Waals surface area contributed by atoms with Gasteiger partial charge in [-0.05, 0) is 62.9 Å². The first-order valence-corrected chi connectivity index (χ1v) is 9.82. The van der Waals surface area contributed by atoms with Crippen LogP contribution in [0, 0.1) is 28.6 Å². The van der Waals surface area contributed by atoms with Crippen LogP contribution in [0.2, 0.25) is 0 Å². The number of ketones is 2. The maximum atomic E-state index is 12.3. The fraction of sp³-hybridized carbons (Fsp3) is 0.727. The van der Waals surface area contributed by atoms with Crippen LogP contribution in [-0.4, -0.2) is 22.3 Å². The number of Topliss-reactive ketones (excluding diaryl/α,β-unsaturated/α-hetero) is 1. The van der Waals surface area contributed by atoms with Crippen LogP contribution in [0.4, 0.5) is 0 Å². The van der Waals surface area contributed by atoms with Gasteiger partial charge in [0.15, 0.2) is 11.6 Å². The number of carbonyl (C=O) groups is 2. The smallest absolute Gasteiger partial charge is 0.161 e. The van der Waals surface area contributed by atoms with Gasteiger partial charge in [-0.2, -0.15) is 0 Å². The predicted molar refractivity (Wildman–Crippen MR) is 96.9 cm³/mol. The second-order valence-electron chi connectivity index (χ2n) is 9.48. The van der Waals surface area contributed by atoms with Crippen molar-refractivity contribution in [2.24, 2.45) is 28.6 Å². The Morgan fingerprint density at radius 1 is 1.24 bits per heavy atom. The highest BCUT2D eigenvalue weighted by Crippen LogP contribution is 2.66. The van der Waals surface area contributed by atoms with E-state index in [1.54, 1.807) is 6.92 Å². The number of rotatable bonds is 1. The Labute approximate surface area is 150 Å². The standard InChI is InChI=1S/C22H30O3/c1-13-11-16-17(20(3)8-5-15(24)12-19(13)20)6-9-21(4)18(16)7-10-22(21,25)14(2)23/h6,12-13,16,18,25H,5,7-11H2,1-4H3/t13-,16+,18-,20+,21-,22-/m0/s1. The molecule has 4 aliphatic carbocycles. The van der Waals surface area contributed by atoms with E-state index in [2.05, 4.69) is 26.8 Å². The minimum atomic E-state index is -1.18. The number of fused-ring (bicyclic) bond motifs is 5. The zero-order chi connectivity index (χ0) is 18.2. The summed E-state index contributed by atoms with van der Waals surface area (Å²) in [5.74, 6) is 1.38. The molecule has 6 atom stereocenters. The Morgan fingerprint density at radius 3 is 2.64 bits per heavy atom. The maximum absolute atomic E-state index is 12.3. The molecule has 2 saturated carbocycles. The summed E-state index contributed by atoms with van der Waals surface area (Å²) in [7, 11) is 0. The van der Waals surface area contributed by atoms with E-state index < -0.39 is 5.60 Å². The van der Waals surface area contributed by atoms with Crippen molar-refractivity contribution in [2.45, 2.75) is 71.8 Å². The Balaban J connectivity index is 1.81. The van der Waals surface area contributed by atoms with E-state index in [1.807, 2.05) is 6.08 Å². The van der Waals surface area contributed by atoms with Gasteiger partial charge in [0.05, 0.1) is 0 Å². The van der Waals surface area contributed by atoms with Crippen molar-refractivity contribution in [1.29, 1.82) is 0 Å². The fourth-order valence-corrected chi connectivity index (χ4v) is 6.86. The summed E-state index contributed by atoms with van der Waals surface area (Å²) in [6.45, 7) is 8.24. The highest BCUT2D eigenvalue weighted by Gasteiger charge is 2.64. The average Bonchev–Trinajstić information content (AvgIpc) is 2.83. The van der Waals surface area contributed by atoms with Gasteiger partial charge in [-0.15, -0.1) is 0 Å². The summed E-state index contributed by atoms with van der Waals surface area (Å²) in [5, 5.41) is 11.2. The number of allylic oxidation sites excluding steroid dienone is 4. The maximum Gasteiger partial charge on any atom is 0.161 e. The zero-order valence-electron chi connectivity index (χ0n) is 15.9. The van der Waals surface area contributed by atoms with E-state index in [4.69, 9.17) is 0 Å². The molecular formula is C22H30O3. The van der Waals surface area contributed by atoms with E-state index in [0.29, 0.717) is 30.6 Å². The van der Waals surface area contributed by atoms with Gasteiger partial charge in [0.1, 0.15) is 5.60 Å². The second-order valence-corrected chi connectivity index (χ2v) is 9.48. The van der Waals surface area contributed by atoms with Gasteiger partial charge in [0, 0.05) is 17.3 Å². The van der Waals surface area contributed by atoms with Crippen molar-refractivity contribution >= 4 is 11.6 Å². The quantitative estimate of drug-likeness (QED) is 0.733. The summed E-state index contributed by atoms with van der Waals surface area (Å²) >= 11 is 0. The summed E-state index contributed by atoms with van der Waals surface area (Å²) in [6.07, 6.45) is 9.11. The van der Waals surface area contributed by atoms with Crippen molar-refractivity contribution in [3.8, 4) is 0 Å². The normalized spacial score (nSPS) is 48.8. The van der Waals surface area contributed by atoms with Gasteiger partial charge >= 0.3 is 0 Å². The molecule has 3 heteroatoms. The molecular weight excluding hydrogens is 312 g/mol. The van der Waals surface area contributed by atoms with Crippen LogP contribution < -0.4 is 0 Å². The van der Waals surface area contributed by atoms with Crippen LogP contribution in [0.1, 0.15) is 66.2 Å². The van der Waals surface area contributed by atoms with Gasteiger partial charge < -0.3 is 5.11 Å². The Bertz CT molecular complexity index is 717. The van der Waals surface area contributed by atoms with Crippen molar-refractivity contribution in [3.63, 3.8) is 0 Å². The minimum Gasteiger partial charge on any atom is -0.381 e. The van der Waals surface area contributed by atoms with Crippen LogP contribution in [-0.2, 0) is 9.59 Å². The molecule has 25 heavy (non-hydrogen) atoms. The minimum absolute atomic E-state index is 0.00545. The second kappa shape index (κ2) is 5.16. The first kappa shape index (κ1) is 17.2. The summed E-state index contributed by atoms with van der Waals surface area (Å²) in [6, 6.07) is 0. The molecule has 0 aromatic rings. The van der Waals surface area contributed by atoms with Crippen molar-refractivity contribution in [2.75, 3.05) is 0 Å². The lowest BCUT2D eigenvalue weighted by Crippen LogP contribution is -2.54. The number of carbonyl (C=O) groups excluding carboxylic acids is 2. The molecule has 2 fully saturated rings. The highest BCUT2D eigenvalue weighted by molar-refractivity contribution is 5.92. The summed E-state index contributed by atoms with van der Waals surface area (Å²) in [5.41, 5.74) is 1.26. The van der Waals surface area contributed by atoms with E-state index in [0.717, 1.165) is 25.7 Å². The monoisotopic (exact) mass is 342 g/mol. The van der Waals surface area contributed by atoms with E-state index in [-0.39, 0.29) is 22.4 Å². The number of hydrogen-bond donors (Lipinski definition) is 1. The molecule has 4 aliphatic rings.